The van der Waals surface area contributed by atoms with Crippen molar-refractivity contribution in [1.29, 1.82) is 0 Å². The summed E-state index contributed by atoms with van der Waals surface area (Å²) in [4.78, 5) is 0. The predicted molar refractivity (Wildman–Crippen MR) is 82.3 cm³/mol. The quantitative estimate of drug-likeness (QED) is 0.746. The number of rotatable bonds is 4. The van der Waals surface area contributed by atoms with Crippen molar-refractivity contribution in [3.8, 4) is 0 Å². The lowest BCUT2D eigenvalue weighted by atomic mass is 10.1. The van der Waals surface area contributed by atoms with Crippen molar-refractivity contribution in [3.63, 3.8) is 0 Å². The summed E-state index contributed by atoms with van der Waals surface area (Å²) in [6.07, 6.45) is -3.42. The van der Waals surface area contributed by atoms with Gasteiger partial charge in [-0.2, -0.15) is 13.2 Å². The number of benzene rings is 2. The van der Waals surface area contributed by atoms with E-state index in [1.165, 1.54) is 17.7 Å². The van der Waals surface area contributed by atoms with E-state index >= 15 is 0 Å². The van der Waals surface area contributed by atoms with Gasteiger partial charge in [-0.3, -0.25) is 0 Å². The number of alkyl halides is 3. The van der Waals surface area contributed by atoms with Crippen molar-refractivity contribution in [3.05, 3.63) is 63.6 Å². The Labute approximate surface area is 130 Å². The molecule has 0 spiro atoms. The van der Waals surface area contributed by atoms with Gasteiger partial charge in [0.25, 0.3) is 0 Å². The first-order valence-electron chi connectivity index (χ1n) is 6.58. The average molecular weight is 358 g/mol. The van der Waals surface area contributed by atoms with E-state index in [-0.39, 0.29) is 5.69 Å². The molecule has 0 saturated heterocycles. The zero-order chi connectivity index (χ0) is 15.5. The van der Waals surface area contributed by atoms with Gasteiger partial charge in [-0.15, -0.1) is 0 Å². The molecule has 0 aliphatic carbocycles. The first kappa shape index (κ1) is 15.9. The van der Waals surface area contributed by atoms with Gasteiger partial charge in [-0.05, 0) is 35.7 Å². The average Bonchev–Trinajstić information content (AvgIpc) is 2.44. The van der Waals surface area contributed by atoms with Gasteiger partial charge in [0.2, 0.25) is 0 Å². The Bertz CT molecular complexity index is 606. The Kier molecular flexibility index (Phi) is 4.93. The second-order valence-corrected chi connectivity index (χ2v) is 5.63. The third kappa shape index (κ3) is 4.24. The van der Waals surface area contributed by atoms with Crippen LogP contribution in [-0.2, 0) is 19.1 Å². The van der Waals surface area contributed by atoms with Crippen molar-refractivity contribution in [2.45, 2.75) is 26.1 Å². The van der Waals surface area contributed by atoms with Gasteiger partial charge in [-0.1, -0.05) is 47.1 Å². The summed E-state index contributed by atoms with van der Waals surface area (Å²) in [5.74, 6) is 0. The molecule has 1 N–H and O–H groups in total. The lowest BCUT2D eigenvalue weighted by molar-refractivity contribution is -0.137. The van der Waals surface area contributed by atoms with E-state index in [0.717, 1.165) is 18.1 Å². The zero-order valence-corrected chi connectivity index (χ0v) is 13.1. The van der Waals surface area contributed by atoms with Crippen molar-refractivity contribution in [2.24, 2.45) is 0 Å². The topological polar surface area (TPSA) is 12.0 Å². The van der Waals surface area contributed by atoms with Crippen LogP contribution in [0.1, 0.15) is 23.6 Å². The van der Waals surface area contributed by atoms with E-state index < -0.39 is 11.7 Å². The summed E-state index contributed by atoms with van der Waals surface area (Å²) in [6.45, 7) is 2.41. The van der Waals surface area contributed by atoms with Crippen LogP contribution in [0, 0.1) is 0 Å². The maximum atomic E-state index is 12.9. The number of aryl methyl sites for hydroxylation is 1. The minimum absolute atomic E-state index is 0.0800. The molecule has 2 rings (SSSR count). The fraction of sp³-hybridized carbons (Fsp3) is 0.250. The molecule has 2 aromatic rings. The molecule has 0 amide bonds. The van der Waals surface area contributed by atoms with Crippen molar-refractivity contribution in [1.82, 2.24) is 0 Å². The lowest BCUT2D eigenvalue weighted by Gasteiger charge is -2.15. The highest BCUT2D eigenvalue weighted by molar-refractivity contribution is 9.10. The lowest BCUT2D eigenvalue weighted by Crippen LogP contribution is -2.10. The fourth-order valence-corrected chi connectivity index (χ4v) is 2.36. The van der Waals surface area contributed by atoms with Gasteiger partial charge in [0.15, 0.2) is 0 Å². The second kappa shape index (κ2) is 6.52. The smallest absolute Gasteiger partial charge is 0.380 e. The van der Waals surface area contributed by atoms with Crippen LogP contribution in [0.5, 0.6) is 0 Å². The molecular weight excluding hydrogens is 343 g/mol. The van der Waals surface area contributed by atoms with E-state index in [4.69, 9.17) is 0 Å². The summed E-state index contributed by atoms with van der Waals surface area (Å²) < 4.78 is 39.5. The minimum Gasteiger partial charge on any atom is -0.380 e. The summed E-state index contributed by atoms with van der Waals surface area (Å²) in [6, 6.07) is 11.7. The van der Waals surface area contributed by atoms with Crippen LogP contribution in [0.15, 0.2) is 46.9 Å². The van der Waals surface area contributed by atoms with Gasteiger partial charge in [0.05, 0.1) is 5.56 Å². The first-order valence-corrected chi connectivity index (χ1v) is 7.38. The molecule has 1 nitrogen and oxygen atoms in total. The van der Waals surface area contributed by atoms with Gasteiger partial charge >= 0.3 is 6.18 Å². The predicted octanol–water partition coefficient (Wildman–Crippen LogP) is 5.64. The van der Waals surface area contributed by atoms with Crippen LogP contribution in [0.2, 0.25) is 0 Å². The van der Waals surface area contributed by atoms with Crippen molar-refractivity contribution < 1.29 is 13.2 Å². The van der Waals surface area contributed by atoms with Gasteiger partial charge in [0.1, 0.15) is 0 Å². The normalized spacial score (nSPS) is 11.5. The van der Waals surface area contributed by atoms with Crippen molar-refractivity contribution >= 4 is 21.6 Å². The van der Waals surface area contributed by atoms with E-state index in [1.54, 1.807) is 0 Å². The highest BCUT2D eigenvalue weighted by Gasteiger charge is 2.33. The van der Waals surface area contributed by atoms with Crippen LogP contribution >= 0.6 is 15.9 Å². The van der Waals surface area contributed by atoms with Crippen LogP contribution in [0.3, 0.4) is 0 Å². The largest absolute Gasteiger partial charge is 0.418 e. The van der Waals surface area contributed by atoms with Crippen LogP contribution in [0.25, 0.3) is 0 Å². The number of hydrogen-bond acceptors (Lipinski definition) is 1. The molecule has 0 saturated carbocycles. The standard InChI is InChI=1S/C16H15BrF3N/c1-2-11-3-5-12(6-4-11)10-21-15-9-13(17)7-8-14(15)16(18,19)20/h3-9,21H,2,10H2,1H3. The van der Waals surface area contributed by atoms with E-state index in [9.17, 15) is 13.2 Å². The molecule has 2 aromatic carbocycles. The Morgan fingerprint density at radius 2 is 1.62 bits per heavy atom. The maximum absolute atomic E-state index is 12.9. The van der Waals surface area contributed by atoms with Gasteiger partial charge in [0, 0.05) is 16.7 Å². The van der Waals surface area contributed by atoms with Crippen LogP contribution in [-0.4, -0.2) is 0 Å². The summed E-state index contributed by atoms with van der Waals surface area (Å²) >= 11 is 3.20. The van der Waals surface area contributed by atoms with Crippen LogP contribution in [0.4, 0.5) is 18.9 Å². The molecule has 5 heteroatoms. The number of halogens is 4. The molecule has 0 atom stereocenters. The van der Waals surface area contributed by atoms with Crippen molar-refractivity contribution in [2.75, 3.05) is 5.32 Å². The first-order chi connectivity index (χ1) is 9.90. The molecule has 0 fully saturated rings. The summed E-state index contributed by atoms with van der Waals surface area (Å²) in [5, 5.41) is 2.86. The number of nitrogens with one attached hydrogen (secondary N) is 1. The molecular formula is C16H15BrF3N. The van der Waals surface area contributed by atoms with E-state index in [2.05, 4.69) is 28.2 Å². The van der Waals surface area contributed by atoms with Crippen LogP contribution < -0.4 is 5.32 Å². The highest BCUT2D eigenvalue weighted by Crippen LogP contribution is 2.36. The summed E-state index contributed by atoms with van der Waals surface area (Å²) in [5.41, 5.74) is 1.57. The number of anilines is 1. The molecule has 0 radical (unpaired) electrons. The Balaban J connectivity index is 2.17. The maximum Gasteiger partial charge on any atom is 0.418 e. The molecule has 0 bridgehead atoms. The number of hydrogen-bond donors (Lipinski definition) is 1. The Hall–Kier alpha value is -1.49. The molecule has 0 aliphatic rings. The second-order valence-electron chi connectivity index (χ2n) is 4.71. The van der Waals surface area contributed by atoms with Gasteiger partial charge in [-0.25, -0.2) is 0 Å². The minimum atomic E-state index is -4.37. The SMILES string of the molecule is CCc1ccc(CNc2cc(Br)ccc2C(F)(F)F)cc1. The van der Waals surface area contributed by atoms with E-state index in [0.29, 0.717) is 11.0 Å². The fourth-order valence-electron chi connectivity index (χ4n) is 2.00. The van der Waals surface area contributed by atoms with Gasteiger partial charge < -0.3 is 5.32 Å². The Morgan fingerprint density at radius 1 is 1.00 bits per heavy atom. The van der Waals surface area contributed by atoms with E-state index in [1.807, 2.05) is 24.3 Å². The third-order valence-electron chi connectivity index (χ3n) is 3.20. The zero-order valence-electron chi connectivity index (χ0n) is 11.5. The summed E-state index contributed by atoms with van der Waals surface area (Å²) in [7, 11) is 0. The molecule has 21 heavy (non-hydrogen) atoms. The monoisotopic (exact) mass is 357 g/mol. The highest BCUT2D eigenvalue weighted by atomic mass is 79.9. The third-order valence-corrected chi connectivity index (χ3v) is 3.69. The molecule has 0 heterocycles. The molecule has 0 aromatic heterocycles. The molecule has 112 valence electrons. The Morgan fingerprint density at radius 3 is 2.19 bits per heavy atom. The molecule has 0 unspecified atom stereocenters. The molecule has 0 aliphatic heterocycles.